The first kappa shape index (κ1) is 30.1. The van der Waals surface area contributed by atoms with Gasteiger partial charge in [-0.2, -0.15) is 0 Å². The highest BCUT2D eigenvalue weighted by molar-refractivity contribution is 7.91. The Morgan fingerprint density at radius 3 is 1.64 bits per heavy atom. The third-order valence-corrected chi connectivity index (χ3v) is 7.80. The van der Waals surface area contributed by atoms with Gasteiger partial charge in [-0.15, -0.1) is 0 Å². The molecule has 0 aliphatic carbocycles. The van der Waals surface area contributed by atoms with E-state index in [9.17, 15) is 23.7 Å². The molecule has 2 atom stereocenters. The molecule has 0 amide bonds. The number of rotatable bonds is 20. The molecule has 1 rings (SSSR count). The van der Waals surface area contributed by atoms with Gasteiger partial charge in [0.2, 0.25) is 0 Å². The van der Waals surface area contributed by atoms with Gasteiger partial charge in [0.1, 0.15) is 5.60 Å². The third-order valence-electron chi connectivity index (χ3n) is 6.55. The molecular weight excluding hydrogens is 436 g/mol. The fourth-order valence-electron chi connectivity index (χ4n) is 4.43. The minimum Gasteiger partial charge on any atom is -0.393 e. The molecule has 0 saturated heterocycles. The van der Waals surface area contributed by atoms with Crippen LogP contribution < -0.4 is 0 Å². The Balaban J connectivity index is 2.28. The predicted octanol–water partition coefficient (Wildman–Crippen LogP) is 5.34. The standard InChI is InChI=1S/C27H48O5S/c1-3-4-5-6-7-8-9-10-11-12-13-14-15-16-19-24-20-17-18-21-25(24)22-27(30,23-28)26(29)33(2,31)32/h17-18,20-21,26,28-30H,3-16,19,22-23H2,1-2H3. The summed E-state index contributed by atoms with van der Waals surface area (Å²) in [6, 6.07) is 7.55. The summed E-state index contributed by atoms with van der Waals surface area (Å²) in [5.41, 5.74) is -2.33. The van der Waals surface area contributed by atoms with E-state index in [1.807, 2.05) is 24.3 Å². The molecule has 1 aromatic rings. The van der Waals surface area contributed by atoms with Crippen molar-refractivity contribution in [2.45, 2.75) is 121 Å². The van der Waals surface area contributed by atoms with Crippen molar-refractivity contribution in [3.05, 3.63) is 35.4 Å². The minimum atomic E-state index is -3.90. The van der Waals surface area contributed by atoms with Gasteiger partial charge in [0.25, 0.3) is 0 Å². The molecule has 0 spiro atoms. The van der Waals surface area contributed by atoms with E-state index in [-0.39, 0.29) is 6.42 Å². The van der Waals surface area contributed by atoms with Crippen LogP contribution in [0.4, 0.5) is 0 Å². The van der Waals surface area contributed by atoms with Crippen molar-refractivity contribution in [2.75, 3.05) is 12.9 Å². The second-order valence-corrected chi connectivity index (χ2v) is 11.8. The number of hydrogen-bond donors (Lipinski definition) is 3. The van der Waals surface area contributed by atoms with Crippen molar-refractivity contribution in [1.29, 1.82) is 0 Å². The largest absolute Gasteiger partial charge is 0.393 e. The van der Waals surface area contributed by atoms with Crippen LogP contribution in [0, 0.1) is 0 Å². The summed E-state index contributed by atoms with van der Waals surface area (Å²) in [6.45, 7) is 1.43. The Labute approximate surface area is 202 Å². The normalized spacial score (nSPS) is 14.8. The van der Waals surface area contributed by atoms with E-state index in [4.69, 9.17) is 0 Å². The zero-order valence-corrected chi connectivity index (χ0v) is 21.8. The second-order valence-electron chi connectivity index (χ2n) is 9.74. The van der Waals surface area contributed by atoms with Crippen LogP contribution in [0.15, 0.2) is 24.3 Å². The van der Waals surface area contributed by atoms with Gasteiger partial charge in [0, 0.05) is 12.7 Å². The maximum absolute atomic E-state index is 11.7. The van der Waals surface area contributed by atoms with E-state index >= 15 is 0 Å². The minimum absolute atomic E-state index is 0.105. The summed E-state index contributed by atoms with van der Waals surface area (Å²) >= 11 is 0. The van der Waals surface area contributed by atoms with Gasteiger partial charge in [0.05, 0.1) is 6.61 Å². The van der Waals surface area contributed by atoms with Crippen LogP contribution >= 0.6 is 0 Å². The zero-order valence-electron chi connectivity index (χ0n) is 21.0. The SMILES string of the molecule is CCCCCCCCCCCCCCCCc1ccccc1CC(O)(CO)C(O)S(C)(=O)=O. The Morgan fingerprint density at radius 2 is 1.21 bits per heavy atom. The van der Waals surface area contributed by atoms with Crippen LogP contribution in [-0.2, 0) is 22.7 Å². The van der Waals surface area contributed by atoms with E-state index in [0.717, 1.165) is 36.6 Å². The Morgan fingerprint density at radius 1 is 0.788 bits per heavy atom. The molecule has 1 aromatic carbocycles. The molecule has 6 heteroatoms. The molecular formula is C27H48O5S. The number of aliphatic hydroxyl groups excluding tert-OH is 2. The van der Waals surface area contributed by atoms with Gasteiger partial charge >= 0.3 is 0 Å². The number of aliphatic hydroxyl groups is 3. The summed E-state index contributed by atoms with van der Waals surface area (Å²) in [4.78, 5) is 0. The van der Waals surface area contributed by atoms with E-state index in [2.05, 4.69) is 6.92 Å². The Bertz CT molecular complexity index is 734. The van der Waals surface area contributed by atoms with E-state index < -0.39 is 27.5 Å². The van der Waals surface area contributed by atoms with Gasteiger partial charge in [-0.3, -0.25) is 0 Å². The number of sulfone groups is 1. The van der Waals surface area contributed by atoms with E-state index in [1.54, 1.807) is 0 Å². The van der Waals surface area contributed by atoms with Gasteiger partial charge in [-0.05, 0) is 24.0 Å². The molecule has 0 radical (unpaired) electrons. The van der Waals surface area contributed by atoms with Crippen molar-refractivity contribution in [2.24, 2.45) is 0 Å². The van der Waals surface area contributed by atoms with Gasteiger partial charge < -0.3 is 15.3 Å². The predicted molar refractivity (Wildman–Crippen MR) is 137 cm³/mol. The van der Waals surface area contributed by atoms with Crippen molar-refractivity contribution in [1.82, 2.24) is 0 Å². The fourth-order valence-corrected chi connectivity index (χ4v) is 5.39. The fraction of sp³-hybridized carbons (Fsp3) is 0.778. The van der Waals surface area contributed by atoms with Crippen LogP contribution in [0.1, 0.15) is 108 Å². The second kappa shape index (κ2) is 16.6. The molecule has 0 aromatic heterocycles. The van der Waals surface area contributed by atoms with Crippen molar-refractivity contribution in [3.63, 3.8) is 0 Å². The van der Waals surface area contributed by atoms with Crippen LogP contribution in [0.25, 0.3) is 0 Å². The number of aryl methyl sites for hydroxylation is 1. The molecule has 0 aliphatic heterocycles. The zero-order chi connectivity index (χ0) is 24.6. The molecule has 0 saturated carbocycles. The summed E-state index contributed by atoms with van der Waals surface area (Å²) in [7, 11) is -3.90. The first-order chi connectivity index (χ1) is 15.7. The number of unbranched alkanes of at least 4 members (excludes halogenated alkanes) is 13. The molecule has 2 unspecified atom stereocenters. The topological polar surface area (TPSA) is 94.8 Å². The van der Waals surface area contributed by atoms with Gasteiger partial charge in [-0.1, -0.05) is 115 Å². The average molecular weight is 485 g/mol. The van der Waals surface area contributed by atoms with Gasteiger partial charge in [-0.25, -0.2) is 8.42 Å². The number of hydrogen-bond acceptors (Lipinski definition) is 5. The molecule has 0 bridgehead atoms. The third kappa shape index (κ3) is 12.4. The van der Waals surface area contributed by atoms with Crippen molar-refractivity contribution >= 4 is 9.84 Å². The highest BCUT2D eigenvalue weighted by atomic mass is 32.2. The Hall–Kier alpha value is -0.950. The quantitative estimate of drug-likeness (QED) is 0.217. The highest BCUT2D eigenvalue weighted by Crippen LogP contribution is 2.24. The lowest BCUT2D eigenvalue weighted by Crippen LogP contribution is -2.51. The lowest BCUT2D eigenvalue weighted by Gasteiger charge is -2.30. The molecule has 0 aliphatic rings. The summed E-state index contributed by atoms with van der Waals surface area (Å²) < 4.78 is 23.4. The van der Waals surface area contributed by atoms with Crippen LogP contribution in [0.5, 0.6) is 0 Å². The summed E-state index contributed by atoms with van der Waals surface area (Å²) in [5.74, 6) is 0. The molecule has 33 heavy (non-hydrogen) atoms. The molecule has 0 fully saturated rings. The van der Waals surface area contributed by atoms with Crippen molar-refractivity contribution in [3.8, 4) is 0 Å². The van der Waals surface area contributed by atoms with Crippen LogP contribution in [0.3, 0.4) is 0 Å². The monoisotopic (exact) mass is 484 g/mol. The smallest absolute Gasteiger partial charge is 0.186 e. The number of benzene rings is 1. The summed E-state index contributed by atoms with van der Waals surface area (Å²) in [6.07, 6.45) is 19.9. The maximum Gasteiger partial charge on any atom is 0.186 e. The molecule has 3 N–H and O–H groups in total. The van der Waals surface area contributed by atoms with E-state index in [0.29, 0.717) is 0 Å². The lowest BCUT2D eigenvalue weighted by atomic mass is 9.90. The Kier molecular flexibility index (Phi) is 15.2. The van der Waals surface area contributed by atoms with E-state index in [1.165, 1.54) is 77.0 Å². The van der Waals surface area contributed by atoms with Gasteiger partial charge in [0.15, 0.2) is 15.3 Å². The first-order valence-electron chi connectivity index (χ1n) is 13.0. The summed E-state index contributed by atoms with van der Waals surface area (Å²) in [5, 5.41) is 30.3. The average Bonchev–Trinajstić information content (AvgIpc) is 2.79. The van der Waals surface area contributed by atoms with Crippen LogP contribution in [0.2, 0.25) is 0 Å². The molecule has 5 nitrogen and oxygen atoms in total. The first-order valence-corrected chi connectivity index (χ1v) is 15.0. The highest BCUT2D eigenvalue weighted by Gasteiger charge is 2.42. The van der Waals surface area contributed by atoms with Crippen molar-refractivity contribution < 1.29 is 23.7 Å². The molecule has 0 heterocycles. The lowest BCUT2D eigenvalue weighted by molar-refractivity contribution is -0.0720. The molecule has 192 valence electrons. The van der Waals surface area contributed by atoms with Crippen LogP contribution in [-0.4, -0.2) is 47.6 Å². The maximum atomic E-state index is 11.7.